The van der Waals surface area contributed by atoms with Crippen molar-refractivity contribution in [1.82, 2.24) is 10.2 Å². The number of thiophene rings is 1. The fraction of sp³-hybridized carbons (Fsp3) is 0.368. The minimum absolute atomic E-state index is 0.173. The van der Waals surface area contributed by atoms with Crippen molar-refractivity contribution in [1.29, 1.82) is 0 Å². The molecule has 7 heteroatoms. The zero-order valence-electron chi connectivity index (χ0n) is 14.6. The normalized spacial score (nSPS) is 14.8. The van der Waals surface area contributed by atoms with Crippen molar-refractivity contribution in [3.05, 3.63) is 52.2 Å². The molecule has 0 radical (unpaired) electrons. The Hall–Kier alpha value is -2.22. The molecule has 1 aromatic heterocycles. The maximum Gasteiger partial charge on any atom is 0.256 e. The standard InChI is InChI=1S/C19H23N3O3S/c23-18(15-6-13-26-14-15)21-17-5-2-1-4-16(17)19(24)20-7-3-8-22-9-11-25-12-10-22/h1-2,4-6,13-14H,3,7-12H2,(H,20,24)(H,21,23). The number of hydrogen-bond donors (Lipinski definition) is 2. The van der Waals surface area contributed by atoms with Gasteiger partial charge in [0.15, 0.2) is 0 Å². The third kappa shape index (κ3) is 5.14. The Bertz CT molecular complexity index is 727. The molecule has 1 aromatic carbocycles. The second kappa shape index (κ2) is 9.47. The van der Waals surface area contributed by atoms with Crippen molar-refractivity contribution in [2.75, 3.05) is 44.7 Å². The number of rotatable bonds is 7. The number of carbonyl (C=O) groups is 2. The van der Waals surface area contributed by atoms with Crippen LogP contribution in [0.1, 0.15) is 27.1 Å². The molecule has 26 heavy (non-hydrogen) atoms. The Balaban J connectivity index is 1.51. The van der Waals surface area contributed by atoms with E-state index in [2.05, 4.69) is 15.5 Å². The summed E-state index contributed by atoms with van der Waals surface area (Å²) in [6, 6.07) is 8.82. The molecule has 2 amide bonds. The molecule has 1 aliphatic heterocycles. The molecule has 6 nitrogen and oxygen atoms in total. The number of benzene rings is 1. The Morgan fingerprint density at radius 2 is 1.92 bits per heavy atom. The summed E-state index contributed by atoms with van der Waals surface area (Å²) in [5, 5.41) is 9.39. The second-order valence-electron chi connectivity index (χ2n) is 6.08. The number of nitrogens with one attached hydrogen (secondary N) is 2. The molecule has 2 aromatic rings. The summed E-state index contributed by atoms with van der Waals surface area (Å²) < 4.78 is 5.33. The van der Waals surface area contributed by atoms with Gasteiger partial charge in [-0.25, -0.2) is 0 Å². The van der Waals surface area contributed by atoms with Gasteiger partial charge in [0, 0.05) is 25.0 Å². The summed E-state index contributed by atoms with van der Waals surface area (Å²) in [5.74, 6) is -0.382. The van der Waals surface area contributed by atoms with Crippen molar-refractivity contribution in [2.45, 2.75) is 6.42 Å². The van der Waals surface area contributed by atoms with Crippen LogP contribution in [0.25, 0.3) is 0 Å². The maximum atomic E-state index is 12.5. The van der Waals surface area contributed by atoms with Crippen LogP contribution in [0.4, 0.5) is 5.69 Å². The molecule has 0 atom stereocenters. The van der Waals surface area contributed by atoms with Crippen LogP contribution in [0.3, 0.4) is 0 Å². The smallest absolute Gasteiger partial charge is 0.256 e. The average Bonchev–Trinajstić information content (AvgIpc) is 3.21. The van der Waals surface area contributed by atoms with Gasteiger partial charge in [0.1, 0.15) is 0 Å². The molecule has 2 heterocycles. The number of para-hydroxylation sites is 1. The van der Waals surface area contributed by atoms with Crippen molar-refractivity contribution in [3.8, 4) is 0 Å². The number of amides is 2. The van der Waals surface area contributed by atoms with E-state index in [9.17, 15) is 9.59 Å². The molecular weight excluding hydrogens is 350 g/mol. The number of carbonyl (C=O) groups excluding carboxylic acids is 2. The number of morpholine rings is 1. The third-order valence-corrected chi connectivity index (χ3v) is 4.93. The maximum absolute atomic E-state index is 12.5. The SMILES string of the molecule is O=C(Nc1ccccc1C(=O)NCCCN1CCOCC1)c1ccsc1. The number of hydrogen-bond acceptors (Lipinski definition) is 5. The van der Waals surface area contributed by atoms with E-state index in [0.717, 1.165) is 39.3 Å². The first-order chi connectivity index (χ1) is 12.7. The monoisotopic (exact) mass is 373 g/mol. The quantitative estimate of drug-likeness (QED) is 0.732. The van der Waals surface area contributed by atoms with Crippen molar-refractivity contribution < 1.29 is 14.3 Å². The first kappa shape index (κ1) is 18.6. The molecule has 1 saturated heterocycles. The molecule has 1 fully saturated rings. The summed E-state index contributed by atoms with van der Waals surface area (Å²) in [5.41, 5.74) is 1.59. The van der Waals surface area contributed by atoms with Crippen LogP contribution in [-0.4, -0.2) is 56.1 Å². The van der Waals surface area contributed by atoms with Crippen LogP contribution in [-0.2, 0) is 4.74 Å². The van der Waals surface area contributed by atoms with Crippen LogP contribution < -0.4 is 10.6 Å². The van der Waals surface area contributed by atoms with E-state index in [1.165, 1.54) is 11.3 Å². The van der Waals surface area contributed by atoms with Gasteiger partial charge in [0.25, 0.3) is 11.8 Å². The lowest BCUT2D eigenvalue weighted by molar-refractivity contribution is 0.0374. The Morgan fingerprint density at radius 3 is 2.69 bits per heavy atom. The summed E-state index contributed by atoms with van der Waals surface area (Å²) >= 11 is 1.46. The summed E-state index contributed by atoms with van der Waals surface area (Å²) in [6.45, 7) is 5.01. The largest absolute Gasteiger partial charge is 0.379 e. The fourth-order valence-electron chi connectivity index (χ4n) is 2.80. The van der Waals surface area contributed by atoms with Crippen LogP contribution >= 0.6 is 11.3 Å². The lowest BCUT2D eigenvalue weighted by atomic mass is 10.1. The average molecular weight is 373 g/mol. The first-order valence-corrected chi connectivity index (χ1v) is 9.69. The highest BCUT2D eigenvalue weighted by atomic mass is 32.1. The molecule has 0 spiro atoms. The van der Waals surface area contributed by atoms with E-state index in [-0.39, 0.29) is 11.8 Å². The van der Waals surface area contributed by atoms with E-state index >= 15 is 0 Å². The second-order valence-corrected chi connectivity index (χ2v) is 6.86. The van der Waals surface area contributed by atoms with Crippen molar-refractivity contribution in [2.24, 2.45) is 0 Å². The van der Waals surface area contributed by atoms with Gasteiger partial charge in [-0.3, -0.25) is 14.5 Å². The van der Waals surface area contributed by atoms with Crippen LogP contribution in [0.2, 0.25) is 0 Å². The minimum atomic E-state index is -0.209. The van der Waals surface area contributed by atoms with Gasteiger partial charge in [-0.2, -0.15) is 11.3 Å². The van der Waals surface area contributed by atoms with Crippen LogP contribution in [0.5, 0.6) is 0 Å². The highest BCUT2D eigenvalue weighted by Gasteiger charge is 2.14. The topological polar surface area (TPSA) is 70.7 Å². The highest BCUT2D eigenvalue weighted by Crippen LogP contribution is 2.17. The molecule has 2 N–H and O–H groups in total. The Labute approximate surface area is 157 Å². The van der Waals surface area contributed by atoms with Gasteiger partial charge in [0.2, 0.25) is 0 Å². The number of nitrogens with zero attached hydrogens (tertiary/aromatic N) is 1. The first-order valence-electron chi connectivity index (χ1n) is 8.75. The van der Waals surface area contributed by atoms with E-state index < -0.39 is 0 Å². The van der Waals surface area contributed by atoms with Gasteiger partial charge in [-0.05, 0) is 36.5 Å². The van der Waals surface area contributed by atoms with Crippen molar-refractivity contribution in [3.63, 3.8) is 0 Å². The predicted molar refractivity (Wildman–Crippen MR) is 103 cm³/mol. The zero-order chi connectivity index (χ0) is 18.2. The van der Waals surface area contributed by atoms with E-state index in [1.54, 1.807) is 35.7 Å². The number of ether oxygens (including phenoxy) is 1. The molecule has 0 saturated carbocycles. The summed E-state index contributed by atoms with van der Waals surface area (Å²) in [7, 11) is 0. The minimum Gasteiger partial charge on any atom is -0.379 e. The van der Waals surface area contributed by atoms with Crippen molar-refractivity contribution >= 4 is 28.8 Å². The molecular formula is C19H23N3O3S. The third-order valence-electron chi connectivity index (χ3n) is 4.24. The molecule has 0 bridgehead atoms. The Morgan fingerprint density at radius 1 is 1.12 bits per heavy atom. The molecule has 3 rings (SSSR count). The van der Waals surface area contributed by atoms with E-state index in [1.807, 2.05) is 5.38 Å². The van der Waals surface area contributed by atoms with E-state index in [4.69, 9.17) is 4.74 Å². The Kier molecular flexibility index (Phi) is 6.76. The van der Waals surface area contributed by atoms with Gasteiger partial charge in [-0.15, -0.1) is 0 Å². The van der Waals surface area contributed by atoms with Gasteiger partial charge in [-0.1, -0.05) is 12.1 Å². The predicted octanol–water partition coefficient (Wildman–Crippen LogP) is 2.45. The van der Waals surface area contributed by atoms with Gasteiger partial charge in [0.05, 0.1) is 30.0 Å². The molecule has 0 aliphatic carbocycles. The summed E-state index contributed by atoms with van der Waals surface area (Å²) in [6.07, 6.45) is 0.884. The number of anilines is 1. The van der Waals surface area contributed by atoms with E-state index in [0.29, 0.717) is 23.4 Å². The zero-order valence-corrected chi connectivity index (χ0v) is 15.4. The molecule has 0 unspecified atom stereocenters. The van der Waals surface area contributed by atoms with Gasteiger partial charge >= 0.3 is 0 Å². The fourth-order valence-corrected chi connectivity index (χ4v) is 3.44. The van der Waals surface area contributed by atoms with Crippen LogP contribution in [0, 0.1) is 0 Å². The van der Waals surface area contributed by atoms with Gasteiger partial charge < -0.3 is 15.4 Å². The molecule has 138 valence electrons. The van der Waals surface area contributed by atoms with Crippen LogP contribution in [0.15, 0.2) is 41.1 Å². The molecule has 1 aliphatic rings. The lowest BCUT2D eigenvalue weighted by Gasteiger charge is -2.26. The lowest BCUT2D eigenvalue weighted by Crippen LogP contribution is -2.38. The highest BCUT2D eigenvalue weighted by molar-refractivity contribution is 7.08. The summed E-state index contributed by atoms with van der Waals surface area (Å²) in [4.78, 5) is 27.1.